The third kappa shape index (κ3) is 3.18. The van der Waals surface area contributed by atoms with Crippen molar-refractivity contribution < 1.29 is 9.47 Å². The van der Waals surface area contributed by atoms with Crippen molar-refractivity contribution in [2.45, 2.75) is 52.0 Å². The Hall–Kier alpha value is -1.22. The van der Waals surface area contributed by atoms with Crippen LogP contribution in [0.5, 0.6) is 11.5 Å². The van der Waals surface area contributed by atoms with Crippen LogP contribution in [-0.4, -0.2) is 14.2 Å². The van der Waals surface area contributed by atoms with E-state index in [-0.39, 0.29) is 5.54 Å². The molecule has 2 rings (SSSR count). The highest BCUT2D eigenvalue weighted by Crippen LogP contribution is 2.48. The van der Waals surface area contributed by atoms with Crippen LogP contribution >= 0.6 is 0 Å². The number of benzene rings is 1. The average Bonchev–Trinajstić information content (AvgIpc) is 2.45. The summed E-state index contributed by atoms with van der Waals surface area (Å²) in [7, 11) is 3.39. The molecule has 0 heterocycles. The largest absolute Gasteiger partial charge is 0.496 e. The number of hydrogen-bond donors (Lipinski definition) is 1. The minimum atomic E-state index is -0.348. The fraction of sp³-hybridized carbons (Fsp3) is 0.667. The van der Waals surface area contributed by atoms with Crippen LogP contribution in [0.3, 0.4) is 0 Å². The molecule has 1 saturated carbocycles. The lowest BCUT2D eigenvalue weighted by Crippen LogP contribution is -2.43. The highest BCUT2D eigenvalue weighted by Gasteiger charge is 2.40. The van der Waals surface area contributed by atoms with Crippen molar-refractivity contribution in [3.05, 3.63) is 23.8 Å². The number of hydrogen-bond acceptors (Lipinski definition) is 3. The summed E-state index contributed by atoms with van der Waals surface area (Å²) >= 11 is 0. The maximum Gasteiger partial charge on any atom is 0.127 e. The van der Waals surface area contributed by atoms with Gasteiger partial charge in [0.05, 0.1) is 19.8 Å². The first-order valence-corrected chi connectivity index (χ1v) is 7.82. The van der Waals surface area contributed by atoms with E-state index in [2.05, 4.69) is 20.8 Å². The van der Waals surface area contributed by atoms with Crippen molar-refractivity contribution in [2.75, 3.05) is 14.2 Å². The third-order valence-corrected chi connectivity index (χ3v) is 5.03. The second-order valence-electron chi connectivity index (χ2n) is 7.33. The highest BCUT2D eigenvalue weighted by atomic mass is 16.5. The van der Waals surface area contributed by atoms with Gasteiger partial charge in [0.25, 0.3) is 0 Å². The molecule has 21 heavy (non-hydrogen) atoms. The van der Waals surface area contributed by atoms with E-state index in [1.54, 1.807) is 14.2 Å². The van der Waals surface area contributed by atoms with Crippen molar-refractivity contribution in [2.24, 2.45) is 17.1 Å². The van der Waals surface area contributed by atoms with Crippen LogP contribution in [0.15, 0.2) is 18.2 Å². The predicted molar refractivity (Wildman–Crippen MR) is 86.8 cm³/mol. The van der Waals surface area contributed by atoms with Crippen molar-refractivity contribution in [3.8, 4) is 11.5 Å². The van der Waals surface area contributed by atoms with Crippen LogP contribution in [-0.2, 0) is 5.54 Å². The van der Waals surface area contributed by atoms with E-state index in [4.69, 9.17) is 15.2 Å². The van der Waals surface area contributed by atoms with Crippen LogP contribution in [0, 0.1) is 11.3 Å². The van der Waals surface area contributed by atoms with Gasteiger partial charge in [-0.25, -0.2) is 0 Å². The molecule has 3 nitrogen and oxygen atoms in total. The molecule has 0 aliphatic heterocycles. The summed E-state index contributed by atoms with van der Waals surface area (Å²) in [6.07, 6.45) is 4.26. The Bertz CT molecular complexity index is 460. The van der Waals surface area contributed by atoms with Gasteiger partial charge in [0.15, 0.2) is 0 Å². The van der Waals surface area contributed by atoms with Crippen molar-refractivity contribution in [3.63, 3.8) is 0 Å². The van der Waals surface area contributed by atoms with E-state index in [1.165, 1.54) is 0 Å². The zero-order chi connectivity index (χ0) is 15.7. The van der Waals surface area contributed by atoms with Gasteiger partial charge in [-0.1, -0.05) is 26.8 Å². The minimum absolute atomic E-state index is 0.348. The van der Waals surface area contributed by atoms with E-state index in [9.17, 15) is 0 Å². The SMILES string of the molecule is COc1cccc(OC)c1C1(N)CCC(C(C)(C)C)CC1. The first kappa shape index (κ1) is 16.2. The van der Waals surface area contributed by atoms with Gasteiger partial charge >= 0.3 is 0 Å². The van der Waals surface area contributed by atoms with Crippen molar-refractivity contribution in [1.82, 2.24) is 0 Å². The fourth-order valence-electron chi connectivity index (χ4n) is 3.59. The van der Waals surface area contributed by atoms with E-state index in [0.717, 1.165) is 48.7 Å². The lowest BCUT2D eigenvalue weighted by molar-refractivity contribution is 0.131. The normalized spacial score (nSPS) is 26.5. The fourth-order valence-corrected chi connectivity index (χ4v) is 3.59. The molecule has 1 aliphatic carbocycles. The Morgan fingerprint density at radius 1 is 1.05 bits per heavy atom. The van der Waals surface area contributed by atoms with Crippen molar-refractivity contribution in [1.29, 1.82) is 0 Å². The summed E-state index contributed by atoms with van der Waals surface area (Å²) in [5.41, 5.74) is 7.81. The van der Waals surface area contributed by atoms with Crippen LogP contribution in [0.2, 0.25) is 0 Å². The van der Waals surface area contributed by atoms with Gasteiger partial charge in [0.2, 0.25) is 0 Å². The number of ether oxygens (including phenoxy) is 2. The lowest BCUT2D eigenvalue weighted by atomic mass is 9.65. The minimum Gasteiger partial charge on any atom is -0.496 e. The molecule has 0 unspecified atom stereocenters. The van der Waals surface area contributed by atoms with Crippen LogP contribution in [0.25, 0.3) is 0 Å². The Morgan fingerprint density at radius 3 is 1.90 bits per heavy atom. The molecule has 0 atom stereocenters. The highest BCUT2D eigenvalue weighted by molar-refractivity contribution is 5.49. The molecule has 1 aromatic rings. The topological polar surface area (TPSA) is 44.5 Å². The Labute approximate surface area is 128 Å². The zero-order valence-corrected chi connectivity index (χ0v) is 14.0. The Morgan fingerprint density at radius 2 is 1.52 bits per heavy atom. The molecule has 0 bridgehead atoms. The lowest BCUT2D eigenvalue weighted by Gasteiger charge is -2.43. The van der Waals surface area contributed by atoms with E-state index >= 15 is 0 Å². The Kier molecular flexibility index (Phi) is 4.52. The molecule has 1 fully saturated rings. The zero-order valence-electron chi connectivity index (χ0n) is 14.0. The predicted octanol–water partition coefficient (Wildman–Crippen LogP) is 4.09. The molecule has 0 aromatic heterocycles. The summed E-state index contributed by atoms with van der Waals surface area (Å²) in [6, 6.07) is 5.90. The first-order chi connectivity index (χ1) is 9.81. The summed E-state index contributed by atoms with van der Waals surface area (Å²) in [4.78, 5) is 0. The van der Waals surface area contributed by atoms with Crippen LogP contribution in [0.1, 0.15) is 52.0 Å². The van der Waals surface area contributed by atoms with E-state index in [1.807, 2.05) is 18.2 Å². The van der Waals surface area contributed by atoms with E-state index < -0.39 is 0 Å². The molecule has 1 aromatic carbocycles. The van der Waals surface area contributed by atoms with Gasteiger partial charge in [-0.15, -0.1) is 0 Å². The standard InChI is InChI=1S/C18H29NO2/c1-17(2,3)13-9-11-18(19,12-10-13)16-14(20-4)7-6-8-15(16)21-5/h6-8,13H,9-12,19H2,1-5H3. The number of nitrogens with two attached hydrogens (primary N) is 1. The van der Waals surface area contributed by atoms with Crippen LogP contribution < -0.4 is 15.2 Å². The average molecular weight is 291 g/mol. The molecule has 1 aliphatic rings. The van der Waals surface area contributed by atoms with Gasteiger partial charge in [0, 0.05) is 5.54 Å². The molecule has 118 valence electrons. The molecule has 0 radical (unpaired) electrons. The molecule has 0 amide bonds. The second-order valence-corrected chi connectivity index (χ2v) is 7.33. The summed E-state index contributed by atoms with van der Waals surface area (Å²) in [5.74, 6) is 2.41. The molecule has 2 N–H and O–H groups in total. The monoisotopic (exact) mass is 291 g/mol. The van der Waals surface area contributed by atoms with Gasteiger partial charge in [-0.3, -0.25) is 0 Å². The van der Waals surface area contributed by atoms with Crippen molar-refractivity contribution >= 4 is 0 Å². The number of rotatable bonds is 3. The summed E-state index contributed by atoms with van der Waals surface area (Å²) in [6.45, 7) is 6.97. The molecule has 3 heteroatoms. The van der Waals surface area contributed by atoms with Gasteiger partial charge in [-0.2, -0.15) is 0 Å². The maximum atomic E-state index is 6.78. The summed E-state index contributed by atoms with van der Waals surface area (Å²) in [5, 5.41) is 0. The second kappa shape index (κ2) is 5.88. The molecular formula is C18H29NO2. The first-order valence-electron chi connectivity index (χ1n) is 7.82. The Balaban J connectivity index is 2.31. The maximum absolute atomic E-state index is 6.78. The van der Waals surface area contributed by atoms with Gasteiger partial charge in [-0.05, 0) is 49.1 Å². The van der Waals surface area contributed by atoms with Gasteiger partial charge in [0.1, 0.15) is 11.5 Å². The molecule has 0 saturated heterocycles. The number of methoxy groups -OCH3 is 2. The smallest absolute Gasteiger partial charge is 0.127 e. The quantitative estimate of drug-likeness (QED) is 0.912. The molecular weight excluding hydrogens is 262 g/mol. The van der Waals surface area contributed by atoms with E-state index in [0.29, 0.717) is 5.41 Å². The van der Waals surface area contributed by atoms with Gasteiger partial charge < -0.3 is 15.2 Å². The summed E-state index contributed by atoms with van der Waals surface area (Å²) < 4.78 is 11.1. The van der Waals surface area contributed by atoms with Crippen LogP contribution in [0.4, 0.5) is 0 Å². The molecule has 0 spiro atoms. The third-order valence-electron chi connectivity index (χ3n) is 5.03.